The number of azo groups is 2. The first-order valence-electron chi connectivity index (χ1n) is 18.0. The van der Waals surface area contributed by atoms with Crippen LogP contribution in [-0.2, 0) is 30.9 Å². The van der Waals surface area contributed by atoms with E-state index in [0.717, 1.165) is 25.0 Å². The number of hydrogen-bond acceptors (Lipinski definition) is 10. The van der Waals surface area contributed by atoms with E-state index in [4.69, 9.17) is 69.6 Å². The first-order valence-corrected chi connectivity index (χ1v) is 20.6. The predicted octanol–water partition coefficient (Wildman–Crippen LogP) is 11.6. The highest BCUT2D eigenvalue weighted by Crippen LogP contribution is 2.37. The van der Waals surface area contributed by atoms with Crippen LogP contribution in [0.4, 0.5) is 34.1 Å². The van der Waals surface area contributed by atoms with Gasteiger partial charge in [-0.1, -0.05) is 82.8 Å². The molecular weight excluding hydrogens is 925 g/mol. The van der Waals surface area contributed by atoms with Crippen molar-refractivity contribution in [3.05, 3.63) is 139 Å². The molecule has 0 aliphatic rings. The molecule has 62 heavy (non-hydrogen) atoms. The van der Waals surface area contributed by atoms with Gasteiger partial charge in [-0.25, -0.2) is 0 Å². The van der Waals surface area contributed by atoms with Crippen molar-refractivity contribution in [2.24, 2.45) is 20.5 Å². The maximum atomic E-state index is 13.3. The molecule has 0 fully saturated rings. The monoisotopic (exact) mass is 954 g/mol. The molecule has 5 rings (SSSR count). The van der Waals surface area contributed by atoms with Gasteiger partial charge in [0.25, 0.3) is 23.6 Å². The molecule has 318 valence electrons. The van der Waals surface area contributed by atoms with Gasteiger partial charge in [0, 0.05) is 23.1 Å². The minimum Gasteiger partial charge on any atom is -0.322 e. The van der Waals surface area contributed by atoms with Crippen molar-refractivity contribution in [2.45, 2.75) is 37.7 Å². The van der Waals surface area contributed by atoms with Gasteiger partial charge in [-0.15, -0.1) is 23.2 Å². The topological polar surface area (TPSA) is 200 Å². The Bertz CT molecular complexity index is 2430. The van der Waals surface area contributed by atoms with Crippen LogP contribution in [-0.4, -0.2) is 47.3 Å². The fourth-order valence-electron chi connectivity index (χ4n) is 5.32. The Kier molecular flexibility index (Phi) is 16.7. The van der Waals surface area contributed by atoms with Crippen molar-refractivity contribution in [1.82, 2.24) is 0 Å². The summed E-state index contributed by atoms with van der Waals surface area (Å²) in [5.41, 5.74) is 2.72. The van der Waals surface area contributed by atoms with E-state index >= 15 is 0 Å². The zero-order chi connectivity index (χ0) is 45.1. The molecule has 5 aromatic carbocycles. The summed E-state index contributed by atoms with van der Waals surface area (Å²) in [4.78, 5) is 77.6. The minimum atomic E-state index is -1.68. The number of anilines is 4. The summed E-state index contributed by atoms with van der Waals surface area (Å²) < 4.78 is 0. The second-order valence-electron chi connectivity index (χ2n) is 13.1. The van der Waals surface area contributed by atoms with Crippen LogP contribution < -0.4 is 21.3 Å². The molecule has 0 bridgehead atoms. The third-order valence-electron chi connectivity index (χ3n) is 8.60. The van der Waals surface area contributed by atoms with Crippen LogP contribution >= 0.6 is 69.6 Å². The molecule has 5 aromatic rings. The van der Waals surface area contributed by atoms with Crippen molar-refractivity contribution in [1.29, 1.82) is 0 Å². The number of benzene rings is 5. The Morgan fingerprint density at radius 2 is 0.839 bits per heavy atom. The standard InChI is InChI=1S/C42H32Cl6N8O6/c1-21(57)37(55-53-31-7-3-5-27(33(31)45)39(59)49-25-13-9-23(19-43)10-14-25)41(61)51-29-17-18-30(36(48)35(29)47)52-42(62)38(22(2)58)56-54-32-8-4-6-28(34(32)46)40(60)50-26-15-11-24(20-44)12-16-26/h3-18,37-38H,19-20H2,1-2H3,(H,49,59)(H,50,60)(H,51,61)(H,52,62). The average Bonchev–Trinajstić information content (AvgIpc) is 3.25. The van der Waals surface area contributed by atoms with Crippen LogP contribution in [0, 0.1) is 0 Å². The highest BCUT2D eigenvalue weighted by Gasteiger charge is 2.27. The molecule has 0 aliphatic carbocycles. The number of Topliss-reactive ketones (excluding diaryl/α,β-unsaturated/α-hetero) is 2. The van der Waals surface area contributed by atoms with E-state index < -0.39 is 47.3 Å². The second kappa shape index (κ2) is 21.9. The summed E-state index contributed by atoms with van der Waals surface area (Å²) >= 11 is 37.6. The number of carbonyl (C=O) groups is 6. The highest BCUT2D eigenvalue weighted by atomic mass is 35.5. The summed E-state index contributed by atoms with van der Waals surface area (Å²) in [5.74, 6) is -3.75. The summed E-state index contributed by atoms with van der Waals surface area (Å²) in [5, 5.41) is 25.5. The van der Waals surface area contributed by atoms with Crippen LogP contribution in [0.3, 0.4) is 0 Å². The Morgan fingerprint density at radius 3 is 1.16 bits per heavy atom. The number of carbonyl (C=O) groups excluding carboxylic acids is 6. The van der Waals surface area contributed by atoms with Crippen molar-refractivity contribution in [2.75, 3.05) is 21.3 Å². The lowest BCUT2D eigenvalue weighted by Gasteiger charge is -2.15. The Hall–Kier alpha value is -5.74. The van der Waals surface area contributed by atoms with E-state index in [2.05, 4.69) is 41.7 Å². The Labute approximate surface area is 384 Å². The van der Waals surface area contributed by atoms with Crippen LogP contribution in [0.25, 0.3) is 0 Å². The van der Waals surface area contributed by atoms with Gasteiger partial charge >= 0.3 is 0 Å². The highest BCUT2D eigenvalue weighted by molar-refractivity contribution is 6.46. The molecule has 0 aliphatic heterocycles. The first kappa shape index (κ1) is 47.3. The van der Waals surface area contributed by atoms with Crippen molar-refractivity contribution >= 4 is 139 Å². The number of alkyl halides is 2. The zero-order valence-corrected chi connectivity index (χ0v) is 36.8. The Morgan fingerprint density at radius 1 is 0.484 bits per heavy atom. The molecule has 4 amide bonds. The smallest absolute Gasteiger partial charge is 0.258 e. The summed E-state index contributed by atoms with van der Waals surface area (Å²) in [7, 11) is 0. The van der Waals surface area contributed by atoms with Crippen LogP contribution in [0.15, 0.2) is 118 Å². The van der Waals surface area contributed by atoms with Gasteiger partial charge in [-0.2, -0.15) is 20.5 Å². The number of ketones is 2. The van der Waals surface area contributed by atoms with Gasteiger partial charge < -0.3 is 21.3 Å². The zero-order valence-electron chi connectivity index (χ0n) is 32.3. The molecule has 20 heteroatoms. The fourth-order valence-corrected chi connectivity index (χ4v) is 6.60. The first-order chi connectivity index (χ1) is 29.6. The molecule has 0 radical (unpaired) electrons. The molecule has 4 N–H and O–H groups in total. The van der Waals surface area contributed by atoms with Crippen molar-refractivity contribution in [3.8, 4) is 0 Å². The largest absolute Gasteiger partial charge is 0.322 e. The number of amides is 4. The van der Waals surface area contributed by atoms with E-state index in [1.165, 1.54) is 48.5 Å². The number of nitrogens with zero attached hydrogens (tertiary/aromatic N) is 4. The lowest BCUT2D eigenvalue weighted by Crippen LogP contribution is -2.32. The molecule has 0 heterocycles. The number of halogens is 6. The normalized spacial score (nSPS) is 12.1. The lowest BCUT2D eigenvalue weighted by molar-refractivity contribution is -0.127. The van der Waals surface area contributed by atoms with E-state index in [-0.39, 0.29) is 54.0 Å². The minimum absolute atomic E-state index is 0.00490. The molecule has 0 saturated carbocycles. The van der Waals surface area contributed by atoms with Crippen LogP contribution in [0.2, 0.25) is 20.1 Å². The number of hydrogen-bond donors (Lipinski definition) is 4. The van der Waals surface area contributed by atoms with E-state index in [1.54, 1.807) is 48.5 Å². The molecule has 14 nitrogen and oxygen atoms in total. The fraction of sp³-hybridized carbons (Fsp3) is 0.143. The van der Waals surface area contributed by atoms with Gasteiger partial charge in [0.2, 0.25) is 12.1 Å². The van der Waals surface area contributed by atoms with E-state index in [1.807, 2.05) is 0 Å². The third kappa shape index (κ3) is 12.0. The van der Waals surface area contributed by atoms with E-state index in [0.29, 0.717) is 23.1 Å². The molecule has 2 atom stereocenters. The van der Waals surface area contributed by atoms with Crippen LogP contribution in [0.5, 0.6) is 0 Å². The van der Waals surface area contributed by atoms with Gasteiger partial charge in [0.15, 0.2) is 11.6 Å². The van der Waals surface area contributed by atoms with Gasteiger partial charge in [-0.3, -0.25) is 28.8 Å². The SMILES string of the molecule is CC(=O)C(N=Nc1cccc(C(=O)Nc2ccc(CCl)cc2)c1Cl)C(=O)Nc1ccc(NC(=O)C(N=Nc2cccc(C(=O)Nc3ccc(CCl)cc3)c2Cl)C(C)=O)c(Cl)c1Cl. The predicted molar refractivity (Wildman–Crippen MR) is 242 cm³/mol. The van der Waals surface area contributed by atoms with Crippen molar-refractivity contribution in [3.63, 3.8) is 0 Å². The summed E-state index contributed by atoms with van der Waals surface area (Å²) in [6.07, 6.45) is 0. The van der Waals surface area contributed by atoms with Gasteiger partial charge in [-0.05, 0) is 85.6 Å². The Balaban J connectivity index is 1.25. The second-order valence-corrected chi connectivity index (χ2v) is 15.1. The van der Waals surface area contributed by atoms with Gasteiger partial charge in [0.05, 0.1) is 42.6 Å². The number of rotatable bonds is 16. The summed E-state index contributed by atoms with van der Waals surface area (Å²) in [6, 6.07) is 21.8. The molecule has 0 aromatic heterocycles. The summed E-state index contributed by atoms with van der Waals surface area (Å²) in [6.45, 7) is 2.23. The molecule has 0 saturated heterocycles. The third-order valence-corrected chi connectivity index (χ3v) is 10.9. The maximum Gasteiger partial charge on any atom is 0.258 e. The van der Waals surface area contributed by atoms with Crippen molar-refractivity contribution < 1.29 is 28.8 Å². The van der Waals surface area contributed by atoms with Gasteiger partial charge in [0.1, 0.15) is 11.4 Å². The van der Waals surface area contributed by atoms with Crippen LogP contribution in [0.1, 0.15) is 45.7 Å². The maximum absolute atomic E-state index is 13.3. The van der Waals surface area contributed by atoms with E-state index in [9.17, 15) is 28.8 Å². The molecule has 0 spiro atoms. The lowest BCUT2D eigenvalue weighted by atomic mass is 10.1. The molecular formula is C42H32Cl6N8O6. The molecule has 2 unspecified atom stereocenters. The average molecular weight is 957 g/mol. The quantitative estimate of drug-likeness (QED) is 0.0431. The number of nitrogens with one attached hydrogen (secondary N) is 4.